The summed E-state index contributed by atoms with van der Waals surface area (Å²) in [4.78, 5) is 56.7. The molecule has 13 heteroatoms. The van der Waals surface area contributed by atoms with Crippen LogP contribution in [0.2, 0.25) is 0 Å². The molecule has 210 valence electrons. The Bertz CT molecular complexity index is 1040. The Balaban J connectivity index is 3.12. The van der Waals surface area contributed by atoms with Gasteiger partial charge in [-0.1, -0.05) is 45.0 Å². The third-order valence-corrected chi connectivity index (χ3v) is 5.78. The molecule has 13 nitrogen and oxygen atoms in total. The second kappa shape index (κ2) is 14.0. The molecule has 0 saturated heterocycles. The summed E-state index contributed by atoms with van der Waals surface area (Å²) in [6.07, 6.45) is 0.648. The molecule has 0 saturated carbocycles. The first-order chi connectivity index (χ1) is 17.5. The summed E-state index contributed by atoms with van der Waals surface area (Å²) in [6.45, 7) is 5.50. The lowest BCUT2D eigenvalue weighted by atomic mass is 9.85. The van der Waals surface area contributed by atoms with E-state index in [0.717, 1.165) is 0 Å². The van der Waals surface area contributed by atoms with Gasteiger partial charge in [-0.05, 0) is 30.2 Å². The van der Waals surface area contributed by atoms with Crippen molar-refractivity contribution in [3.8, 4) is 0 Å². The molecular formula is C25H41N9O4. The first kappa shape index (κ1) is 31.9. The third kappa shape index (κ3) is 10.1. The highest BCUT2D eigenvalue weighted by Crippen LogP contribution is 2.21. The summed E-state index contributed by atoms with van der Waals surface area (Å²) >= 11 is 0. The fourth-order valence-corrected chi connectivity index (χ4v) is 3.62. The number of nitrogens with two attached hydrogens (primary N) is 4. The summed E-state index contributed by atoms with van der Waals surface area (Å²) in [7, 11) is 3.07. The van der Waals surface area contributed by atoms with Crippen LogP contribution in [0, 0.1) is 16.7 Å². The lowest BCUT2D eigenvalue weighted by molar-refractivity contribution is -0.143. The molecule has 0 spiro atoms. The molecule has 0 fully saturated rings. The number of primary amides is 1. The molecule has 3 atom stereocenters. The summed E-state index contributed by atoms with van der Waals surface area (Å²) in [6, 6.07) is 4.57. The maximum absolute atomic E-state index is 13.4. The molecule has 0 radical (unpaired) electrons. The minimum atomic E-state index is -1.13. The van der Waals surface area contributed by atoms with Crippen LogP contribution < -0.4 is 33.6 Å². The average molecular weight is 532 g/mol. The largest absolute Gasteiger partial charge is 0.384 e. The van der Waals surface area contributed by atoms with Gasteiger partial charge in [-0.3, -0.25) is 29.6 Å². The molecule has 11 N–H and O–H groups in total. The van der Waals surface area contributed by atoms with Gasteiger partial charge in [0.1, 0.15) is 23.8 Å². The summed E-state index contributed by atoms with van der Waals surface area (Å²) < 4.78 is 0. The molecule has 0 aliphatic carbocycles. The van der Waals surface area contributed by atoms with Gasteiger partial charge in [-0.15, -0.1) is 0 Å². The number of amidine groups is 1. The second-order valence-electron chi connectivity index (χ2n) is 10.3. The van der Waals surface area contributed by atoms with Crippen molar-refractivity contribution < 1.29 is 19.2 Å². The number of nitrogens with zero attached hydrogens (tertiary/aromatic N) is 2. The maximum atomic E-state index is 13.4. The minimum Gasteiger partial charge on any atom is -0.384 e. The van der Waals surface area contributed by atoms with E-state index in [1.54, 1.807) is 45.0 Å². The van der Waals surface area contributed by atoms with Gasteiger partial charge in [0, 0.05) is 26.2 Å². The Morgan fingerprint density at radius 1 is 0.974 bits per heavy atom. The number of carbonyl (C=O) groups excluding carboxylic acids is 4. The van der Waals surface area contributed by atoms with Crippen molar-refractivity contribution in [3.05, 3.63) is 35.4 Å². The highest BCUT2D eigenvalue weighted by Gasteiger charge is 2.38. The zero-order valence-electron chi connectivity index (χ0n) is 22.7. The molecule has 1 aromatic carbocycles. The second-order valence-corrected chi connectivity index (χ2v) is 10.3. The number of nitrogen functional groups attached to an aromatic ring is 1. The molecule has 1 aromatic rings. The van der Waals surface area contributed by atoms with Crippen LogP contribution in [0.3, 0.4) is 0 Å². The zero-order chi connectivity index (χ0) is 29.2. The number of aliphatic imine (C=N–C) groups is 1. The first-order valence-corrected chi connectivity index (χ1v) is 12.1. The van der Waals surface area contributed by atoms with E-state index in [4.69, 9.17) is 28.3 Å². The van der Waals surface area contributed by atoms with Crippen LogP contribution in [0.4, 0.5) is 0 Å². The van der Waals surface area contributed by atoms with E-state index in [9.17, 15) is 19.2 Å². The number of rotatable bonds is 13. The number of amides is 4. The van der Waals surface area contributed by atoms with Crippen molar-refractivity contribution in [2.75, 3.05) is 20.6 Å². The topological polar surface area (TPSA) is 236 Å². The average Bonchev–Trinajstić information content (AvgIpc) is 2.81. The molecule has 0 aliphatic rings. The fourth-order valence-electron chi connectivity index (χ4n) is 3.62. The number of hydrogen-bond donors (Lipinski definition) is 7. The molecular weight excluding hydrogens is 490 g/mol. The molecule has 1 rings (SSSR count). The predicted octanol–water partition coefficient (Wildman–Crippen LogP) is -1.23. The SMILES string of the molecule is CN(C)C(=O)C(Cc1ccc(C(=N)N)cc1)C(=O)NC(C(=O)N[C@@H](CCCN=C(N)N)C(N)=O)C(C)(C)C. The smallest absolute Gasteiger partial charge is 0.243 e. The molecule has 4 amide bonds. The monoisotopic (exact) mass is 531 g/mol. The van der Waals surface area contributed by atoms with Crippen LogP contribution in [-0.2, 0) is 25.6 Å². The third-order valence-electron chi connectivity index (χ3n) is 5.78. The fraction of sp³-hybridized carbons (Fsp3) is 0.520. The van der Waals surface area contributed by atoms with Gasteiger partial charge in [-0.2, -0.15) is 0 Å². The van der Waals surface area contributed by atoms with Crippen LogP contribution in [-0.4, -0.2) is 73.0 Å². The van der Waals surface area contributed by atoms with E-state index in [1.165, 1.54) is 19.0 Å². The van der Waals surface area contributed by atoms with E-state index < -0.39 is 47.0 Å². The first-order valence-electron chi connectivity index (χ1n) is 12.1. The van der Waals surface area contributed by atoms with Crippen molar-refractivity contribution in [1.82, 2.24) is 15.5 Å². The molecule has 2 unspecified atom stereocenters. The minimum absolute atomic E-state index is 0.0637. The van der Waals surface area contributed by atoms with Gasteiger partial charge < -0.3 is 38.5 Å². The Morgan fingerprint density at radius 2 is 1.55 bits per heavy atom. The van der Waals surface area contributed by atoms with E-state index in [-0.39, 0.29) is 31.2 Å². The van der Waals surface area contributed by atoms with Crippen LogP contribution in [0.5, 0.6) is 0 Å². The van der Waals surface area contributed by atoms with Crippen molar-refractivity contribution in [3.63, 3.8) is 0 Å². The van der Waals surface area contributed by atoms with Gasteiger partial charge in [0.15, 0.2) is 5.96 Å². The van der Waals surface area contributed by atoms with Crippen molar-refractivity contribution in [1.29, 1.82) is 5.41 Å². The lowest BCUT2D eigenvalue weighted by Crippen LogP contribution is -2.59. The van der Waals surface area contributed by atoms with Gasteiger partial charge in [-0.25, -0.2) is 0 Å². The van der Waals surface area contributed by atoms with Crippen LogP contribution in [0.1, 0.15) is 44.7 Å². The number of hydrogen-bond acceptors (Lipinski definition) is 6. The maximum Gasteiger partial charge on any atom is 0.243 e. The summed E-state index contributed by atoms with van der Waals surface area (Å²) in [5.41, 5.74) is 22.0. The normalized spacial score (nSPS) is 13.4. The molecule has 38 heavy (non-hydrogen) atoms. The summed E-state index contributed by atoms with van der Waals surface area (Å²) in [5, 5.41) is 12.8. The van der Waals surface area contributed by atoms with Crippen molar-refractivity contribution in [2.24, 2.45) is 39.3 Å². The zero-order valence-corrected chi connectivity index (χ0v) is 22.7. The Morgan fingerprint density at radius 3 is 2.00 bits per heavy atom. The van der Waals surface area contributed by atoms with Gasteiger partial charge in [0.05, 0.1) is 0 Å². The van der Waals surface area contributed by atoms with Crippen molar-refractivity contribution in [2.45, 2.75) is 52.1 Å². The van der Waals surface area contributed by atoms with Crippen LogP contribution >= 0.6 is 0 Å². The van der Waals surface area contributed by atoms with Gasteiger partial charge >= 0.3 is 0 Å². The molecule has 0 bridgehead atoms. The predicted molar refractivity (Wildman–Crippen MR) is 146 cm³/mol. The Hall–Kier alpha value is -4.16. The number of benzene rings is 1. The molecule has 0 aliphatic heterocycles. The highest BCUT2D eigenvalue weighted by molar-refractivity contribution is 6.02. The van der Waals surface area contributed by atoms with Crippen molar-refractivity contribution >= 4 is 35.4 Å². The van der Waals surface area contributed by atoms with E-state index in [0.29, 0.717) is 17.5 Å². The van der Waals surface area contributed by atoms with Gasteiger partial charge in [0.25, 0.3) is 0 Å². The standard InChI is InChI=1S/C25H41N9O4/c1-25(2,3)18(22(37)32-17(20(28)35)7-6-12-31-24(29)30)33-21(36)16(23(38)34(4)5)13-14-8-10-15(11-9-14)19(26)27/h8-11,16-18H,6-7,12-13H2,1-5H3,(H3,26,27)(H2,28,35)(H,32,37)(H,33,36)(H4,29,30,31)/t16?,17-,18?/m0/s1. The Kier molecular flexibility index (Phi) is 11.7. The Labute approximate surface area is 223 Å². The highest BCUT2D eigenvalue weighted by atomic mass is 16.2. The quantitative estimate of drug-likeness (QED) is 0.0707. The molecule has 0 heterocycles. The van der Waals surface area contributed by atoms with Crippen LogP contribution in [0.25, 0.3) is 0 Å². The van der Waals surface area contributed by atoms with E-state index in [1.807, 2.05) is 0 Å². The summed E-state index contributed by atoms with van der Waals surface area (Å²) in [5.74, 6) is -3.75. The lowest BCUT2D eigenvalue weighted by Gasteiger charge is -2.33. The number of nitrogens with one attached hydrogen (secondary N) is 3. The number of guanidine groups is 1. The molecule has 0 aromatic heterocycles. The number of carbonyl (C=O) groups is 4. The van der Waals surface area contributed by atoms with Gasteiger partial charge in [0.2, 0.25) is 23.6 Å². The van der Waals surface area contributed by atoms with E-state index >= 15 is 0 Å². The van der Waals surface area contributed by atoms with Crippen LogP contribution in [0.15, 0.2) is 29.3 Å². The van der Waals surface area contributed by atoms with E-state index in [2.05, 4.69) is 15.6 Å².